The Morgan fingerprint density at radius 1 is 1.19 bits per heavy atom. The van der Waals surface area contributed by atoms with Gasteiger partial charge in [-0.1, -0.05) is 30.1 Å². The molecule has 110 valence electrons. The lowest BCUT2D eigenvalue weighted by atomic mass is 10.0. The number of nitrogens with two attached hydrogens (primary N) is 1. The van der Waals surface area contributed by atoms with Crippen molar-refractivity contribution in [1.82, 2.24) is 0 Å². The van der Waals surface area contributed by atoms with E-state index >= 15 is 0 Å². The van der Waals surface area contributed by atoms with Gasteiger partial charge >= 0.3 is 0 Å². The summed E-state index contributed by atoms with van der Waals surface area (Å²) in [5, 5.41) is 0.720. The molecule has 2 aromatic rings. The molecule has 0 fully saturated rings. The molecule has 0 heterocycles. The molecule has 0 aliphatic rings. The Morgan fingerprint density at radius 3 is 2.48 bits per heavy atom. The molecule has 0 atom stereocenters. The van der Waals surface area contributed by atoms with Gasteiger partial charge in [-0.05, 0) is 42.8 Å². The average molecular weight is 324 g/mol. The molecule has 0 unspecified atom stereocenters. The van der Waals surface area contributed by atoms with Crippen LogP contribution in [0.4, 0.5) is 5.69 Å². The van der Waals surface area contributed by atoms with Gasteiger partial charge in [0.05, 0.1) is 17.2 Å². The van der Waals surface area contributed by atoms with Crippen molar-refractivity contribution in [2.75, 3.05) is 12.3 Å². The highest BCUT2D eigenvalue weighted by atomic mass is 35.5. The molecular weight excluding hydrogens is 309 g/mol. The van der Waals surface area contributed by atoms with Gasteiger partial charge in [0, 0.05) is 16.3 Å². The van der Waals surface area contributed by atoms with Crippen molar-refractivity contribution < 1.29 is 9.53 Å². The molecule has 0 saturated heterocycles. The zero-order valence-electron chi connectivity index (χ0n) is 11.5. The van der Waals surface area contributed by atoms with E-state index in [2.05, 4.69) is 0 Å². The lowest BCUT2D eigenvalue weighted by Gasteiger charge is -2.13. The maximum atomic E-state index is 12.6. The Kier molecular flexibility index (Phi) is 5.10. The Morgan fingerprint density at radius 2 is 1.86 bits per heavy atom. The van der Waals surface area contributed by atoms with Crippen molar-refractivity contribution in [2.24, 2.45) is 0 Å². The second-order valence-corrected chi connectivity index (χ2v) is 5.41. The van der Waals surface area contributed by atoms with Crippen LogP contribution in [0.25, 0.3) is 0 Å². The first-order valence-electron chi connectivity index (χ1n) is 6.55. The maximum Gasteiger partial charge on any atom is 0.196 e. The van der Waals surface area contributed by atoms with Crippen molar-refractivity contribution in [1.29, 1.82) is 0 Å². The second-order valence-electron chi connectivity index (χ2n) is 4.56. The predicted octanol–water partition coefficient (Wildman–Crippen LogP) is 4.60. The zero-order valence-corrected chi connectivity index (χ0v) is 13.0. The molecule has 0 spiro atoms. The fraction of sp³-hybridized carbons (Fsp3) is 0.188. The summed E-state index contributed by atoms with van der Waals surface area (Å²) in [5.41, 5.74) is 7.08. The van der Waals surface area contributed by atoms with Crippen LogP contribution in [0.15, 0.2) is 36.4 Å². The molecule has 0 saturated carbocycles. The summed E-state index contributed by atoms with van der Waals surface area (Å²) in [6.45, 7) is 2.45. The first-order chi connectivity index (χ1) is 10.0. The minimum absolute atomic E-state index is 0.203. The largest absolute Gasteiger partial charge is 0.491 e. The van der Waals surface area contributed by atoms with Crippen LogP contribution < -0.4 is 10.5 Å². The summed E-state index contributed by atoms with van der Waals surface area (Å²) in [6, 6.07) is 9.80. The Labute approximate surface area is 133 Å². The van der Waals surface area contributed by atoms with Crippen LogP contribution in [0.5, 0.6) is 5.75 Å². The van der Waals surface area contributed by atoms with E-state index in [0.29, 0.717) is 39.2 Å². The number of ether oxygens (including phenoxy) is 1. The first kappa shape index (κ1) is 15.7. The van der Waals surface area contributed by atoms with Gasteiger partial charge in [0.2, 0.25) is 0 Å². The summed E-state index contributed by atoms with van der Waals surface area (Å²) in [6.07, 6.45) is 0.814. The normalized spacial score (nSPS) is 10.4. The standard InChI is InChI=1S/C16H15Cl2NO2/c1-2-7-21-16-13(8-11(17)9-14(16)18)15(20)10-3-5-12(19)6-4-10/h3-6,8-9H,2,7,19H2,1H3. The molecule has 2 aromatic carbocycles. The molecule has 5 heteroatoms. The summed E-state index contributed by atoms with van der Waals surface area (Å²) in [5.74, 6) is 0.162. The van der Waals surface area contributed by atoms with Gasteiger partial charge in [-0.2, -0.15) is 0 Å². The van der Waals surface area contributed by atoms with Crippen LogP contribution >= 0.6 is 23.2 Å². The Hall–Kier alpha value is -1.71. The van der Waals surface area contributed by atoms with Gasteiger partial charge < -0.3 is 10.5 Å². The maximum absolute atomic E-state index is 12.6. The number of hydrogen-bond acceptors (Lipinski definition) is 3. The van der Waals surface area contributed by atoms with Gasteiger partial charge in [-0.25, -0.2) is 0 Å². The fourth-order valence-corrected chi connectivity index (χ4v) is 2.42. The number of carbonyl (C=O) groups excluding carboxylic acids is 1. The summed E-state index contributed by atoms with van der Waals surface area (Å²) < 4.78 is 5.60. The second kappa shape index (κ2) is 6.83. The van der Waals surface area contributed by atoms with E-state index < -0.39 is 0 Å². The third kappa shape index (κ3) is 3.69. The van der Waals surface area contributed by atoms with Crippen LogP contribution in [0.2, 0.25) is 10.0 Å². The monoisotopic (exact) mass is 323 g/mol. The highest BCUT2D eigenvalue weighted by molar-refractivity contribution is 6.36. The molecule has 2 N–H and O–H groups in total. The minimum Gasteiger partial charge on any atom is -0.491 e. The number of anilines is 1. The number of hydrogen-bond donors (Lipinski definition) is 1. The van der Waals surface area contributed by atoms with Crippen LogP contribution in [0.1, 0.15) is 29.3 Å². The quantitative estimate of drug-likeness (QED) is 0.646. The van der Waals surface area contributed by atoms with Gasteiger partial charge in [-0.3, -0.25) is 4.79 Å². The molecule has 2 rings (SSSR count). The van der Waals surface area contributed by atoms with Crippen LogP contribution in [0.3, 0.4) is 0 Å². The highest BCUT2D eigenvalue weighted by Gasteiger charge is 2.18. The molecule has 0 amide bonds. The average Bonchev–Trinajstić information content (AvgIpc) is 2.46. The molecule has 0 aliphatic heterocycles. The van der Waals surface area contributed by atoms with E-state index in [1.165, 1.54) is 0 Å². The topological polar surface area (TPSA) is 52.3 Å². The molecule has 3 nitrogen and oxygen atoms in total. The molecular formula is C16H15Cl2NO2. The van der Waals surface area contributed by atoms with Crippen molar-refractivity contribution in [3.05, 3.63) is 57.6 Å². The van der Waals surface area contributed by atoms with E-state index in [1.54, 1.807) is 36.4 Å². The number of halogens is 2. The van der Waals surface area contributed by atoms with Crippen LogP contribution in [-0.4, -0.2) is 12.4 Å². The summed E-state index contributed by atoms with van der Waals surface area (Å²) in [4.78, 5) is 12.6. The van der Waals surface area contributed by atoms with Crippen molar-refractivity contribution in [2.45, 2.75) is 13.3 Å². The van der Waals surface area contributed by atoms with Crippen molar-refractivity contribution in [3.8, 4) is 5.75 Å². The smallest absolute Gasteiger partial charge is 0.196 e. The number of benzene rings is 2. The van der Waals surface area contributed by atoms with E-state index in [-0.39, 0.29) is 5.78 Å². The number of nitrogen functional groups attached to an aromatic ring is 1. The number of rotatable bonds is 5. The molecule has 21 heavy (non-hydrogen) atoms. The first-order valence-corrected chi connectivity index (χ1v) is 7.30. The SMILES string of the molecule is CCCOc1c(Cl)cc(Cl)cc1C(=O)c1ccc(N)cc1. The fourth-order valence-electron chi connectivity index (χ4n) is 1.87. The zero-order chi connectivity index (χ0) is 15.4. The van der Waals surface area contributed by atoms with E-state index in [9.17, 15) is 4.79 Å². The van der Waals surface area contributed by atoms with Gasteiger partial charge in [-0.15, -0.1) is 0 Å². The minimum atomic E-state index is -0.203. The lowest BCUT2D eigenvalue weighted by molar-refractivity contribution is 0.103. The van der Waals surface area contributed by atoms with Gasteiger partial charge in [0.25, 0.3) is 0 Å². The van der Waals surface area contributed by atoms with Crippen LogP contribution in [-0.2, 0) is 0 Å². The van der Waals surface area contributed by atoms with E-state index in [0.717, 1.165) is 6.42 Å². The predicted molar refractivity (Wildman–Crippen MR) is 86.5 cm³/mol. The van der Waals surface area contributed by atoms with Gasteiger partial charge in [0.15, 0.2) is 5.78 Å². The molecule has 0 aliphatic carbocycles. The third-order valence-corrected chi connectivity index (χ3v) is 3.38. The Balaban J connectivity index is 2.45. The van der Waals surface area contributed by atoms with E-state index in [4.69, 9.17) is 33.7 Å². The Bertz CT molecular complexity index is 654. The summed E-state index contributed by atoms with van der Waals surface area (Å²) >= 11 is 12.1. The van der Waals surface area contributed by atoms with Gasteiger partial charge in [0.1, 0.15) is 5.75 Å². The molecule has 0 bridgehead atoms. The highest BCUT2D eigenvalue weighted by Crippen LogP contribution is 2.34. The van der Waals surface area contributed by atoms with E-state index in [1.807, 2.05) is 6.92 Å². The summed E-state index contributed by atoms with van der Waals surface area (Å²) in [7, 11) is 0. The van der Waals surface area contributed by atoms with Crippen LogP contribution in [0, 0.1) is 0 Å². The molecule has 0 radical (unpaired) electrons. The lowest BCUT2D eigenvalue weighted by Crippen LogP contribution is -2.07. The number of ketones is 1. The van der Waals surface area contributed by atoms with Crippen molar-refractivity contribution >= 4 is 34.7 Å². The van der Waals surface area contributed by atoms with Crippen molar-refractivity contribution in [3.63, 3.8) is 0 Å². The molecule has 0 aromatic heterocycles. The third-order valence-electron chi connectivity index (χ3n) is 2.88. The number of carbonyl (C=O) groups is 1.